The van der Waals surface area contributed by atoms with Crippen LogP contribution in [0, 0.1) is 29.6 Å². The third kappa shape index (κ3) is 2.74. The number of fused-ring (bicyclic) bond motifs is 2. The molecule has 3 heteroatoms. The molecule has 0 spiro atoms. The Morgan fingerprint density at radius 3 is 2.60 bits per heavy atom. The van der Waals surface area contributed by atoms with Gasteiger partial charge in [0, 0.05) is 18.0 Å². The zero-order chi connectivity index (χ0) is 14.3. The first-order valence-corrected chi connectivity index (χ1v) is 8.60. The van der Waals surface area contributed by atoms with E-state index in [1.807, 2.05) is 0 Å². The van der Waals surface area contributed by atoms with E-state index in [2.05, 4.69) is 19.2 Å². The fourth-order valence-electron chi connectivity index (χ4n) is 5.06. The summed E-state index contributed by atoms with van der Waals surface area (Å²) in [6.07, 6.45) is 8.61. The van der Waals surface area contributed by atoms with Crippen LogP contribution in [0.2, 0.25) is 0 Å². The Balaban J connectivity index is 1.55. The maximum absolute atomic E-state index is 12.6. The van der Waals surface area contributed by atoms with E-state index in [0.29, 0.717) is 12.0 Å². The molecule has 3 aliphatic carbocycles. The summed E-state index contributed by atoms with van der Waals surface area (Å²) in [5, 5.41) is 3.33. The van der Waals surface area contributed by atoms with Crippen LogP contribution >= 0.6 is 0 Å². The number of nitrogens with two attached hydrogens (primary N) is 1. The number of carbonyl (C=O) groups is 1. The van der Waals surface area contributed by atoms with Crippen LogP contribution in [0.1, 0.15) is 58.8 Å². The smallest absolute Gasteiger partial charge is 0.223 e. The second-order valence-corrected chi connectivity index (χ2v) is 7.79. The lowest BCUT2D eigenvalue weighted by Gasteiger charge is -2.34. The van der Waals surface area contributed by atoms with Gasteiger partial charge in [0.2, 0.25) is 5.91 Å². The molecule has 0 saturated heterocycles. The highest BCUT2D eigenvalue weighted by Crippen LogP contribution is 2.49. The van der Waals surface area contributed by atoms with Gasteiger partial charge in [0.15, 0.2) is 0 Å². The molecule has 2 bridgehead atoms. The van der Waals surface area contributed by atoms with Gasteiger partial charge in [-0.05, 0) is 69.1 Å². The van der Waals surface area contributed by atoms with E-state index in [-0.39, 0.29) is 17.9 Å². The molecule has 3 nitrogen and oxygen atoms in total. The Morgan fingerprint density at radius 2 is 1.95 bits per heavy atom. The molecule has 3 N–H and O–H groups in total. The summed E-state index contributed by atoms with van der Waals surface area (Å²) in [5.41, 5.74) is 6.05. The normalized spacial score (nSPS) is 45.4. The van der Waals surface area contributed by atoms with Crippen molar-refractivity contribution in [3.63, 3.8) is 0 Å². The third-order valence-electron chi connectivity index (χ3n) is 6.38. The molecule has 0 heterocycles. The Labute approximate surface area is 123 Å². The van der Waals surface area contributed by atoms with Gasteiger partial charge in [0.25, 0.3) is 0 Å². The van der Waals surface area contributed by atoms with Gasteiger partial charge in [-0.25, -0.2) is 0 Å². The molecule has 0 aromatic heterocycles. The number of hydrogen-bond acceptors (Lipinski definition) is 2. The van der Waals surface area contributed by atoms with Gasteiger partial charge in [-0.15, -0.1) is 0 Å². The highest BCUT2D eigenvalue weighted by atomic mass is 16.2. The van der Waals surface area contributed by atoms with Crippen LogP contribution in [-0.2, 0) is 4.79 Å². The van der Waals surface area contributed by atoms with Gasteiger partial charge in [-0.1, -0.05) is 13.3 Å². The molecule has 0 aliphatic heterocycles. The summed E-state index contributed by atoms with van der Waals surface area (Å²) in [6, 6.07) is 0.572. The van der Waals surface area contributed by atoms with E-state index in [9.17, 15) is 4.79 Å². The van der Waals surface area contributed by atoms with Gasteiger partial charge < -0.3 is 11.1 Å². The summed E-state index contributed by atoms with van der Waals surface area (Å²) < 4.78 is 0. The first-order valence-electron chi connectivity index (χ1n) is 8.60. The number of carbonyl (C=O) groups excluding carboxylic acids is 1. The van der Waals surface area contributed by atoms with Crippen molar-refractivity contribution in [2.45, 2.75) is 70.9 Å². The van der Waals surface area contributed by atoms with Crippen LogP contribution in [-0.4, -0.2) is 18.0 Å². The molecule has 3 rings (SSSR count). The lowest BCUT2D eigenvalue weighted by atomic mass is 9.77. The second kappa shape index (κ2) is 5.67. The van der Waals surface area contributed by atoms with Crippen molar-refractivity contribution in [2.24, 2.45) is 35.3 Å². The van der Waals surface area contributed by atoms with Crippen LogP contribution < -0.4 is 11.1 Å². The van der Waals surface area contributed by atoms with Gasteiger partial charge in [0.1, 0.15) is 0 Å². The van der Waals surface area contributed by atoms with E-state index < -0.39 is 0 Å². The monoisotopic (exact) mass is 278 g/mol. The van der Waals surface area contributed by atoms with Crippen molar-refractivity contribution in [1.82, 2.24) is 5.32 Å². The van der Waals surface area contributed by atoms with E-state index >= 15 is 0 Å². The number of amides is 1. The highest BCUT2D eigenvalue weighted by molar-refractivity contribution is 5.79. The minimum absolute atomic E-state index is 0.139. The SMILES string of the molecule is CC1CCC(N)CC1C(=O)NC(C)C1CC2CCC1C2. The van der Waals surface area contributed by atoms with Crippen molar-refractivity contribution < 1.29 is 4.79 Å². The number of nitrogens with one attached hydrogen (secondary N) is 1. The summed E-state index contributed by atoms with van der Waals surface area (Å²) in [7, 11) is 0. The fraction of sp³-hybridized carbons (Fsp3) is 0.941. The lowest BCUT2D eigenvalue weighted by molar-refractivity contribution is -0.128. The molecular weight excluding hydrogens is 248 g/mol. The number of hydrogen-bond donors (Lipinski definition) is 2. The summed E-state index contributed by atoms with van der Waals surface area (Å²) in [4.78, 5) is 12.6. The van der Waals surface area contributed by atoms with Crippen LogP contribution in [0.25, 0.3) is 0 Å². The van der Waals surface area contributed by atoms with E-state index in [0.717, 1.165) is 37.0 Å². The molecule has 7 atom stereocenters. The molecule has 0 radical (unpaired) electrons. The lowest BCUT2D eigenvalue weighted by Crippen LogP contribution is -2.47. The largest absolute Gasteiger partial charge is 0.353 e. The maximum atomic E-state index is 12.6. The maximum Gasteiger partial charge on any atom is 0.223 e. The molecule has 0 aromatic carbocycles. The molecule has 1 amide bonds. The minimum Gasteiger partial charge on any atom is -0.353 e. The Bertz CT molecular complexity index is 370. The molecule has 20 heavy (non-hydrogen) atoms. The molecule has 3 aliphatic rings. The minimum atomic E-state index is 0.139. The fourth-order valence-corrected chi connectivity index (χ4v) is 5.06. The zero-order valence-corrected chi connectivity index (χ0v) is 13.0. The van der Waals surface area contributed by atoms with Gasteiger partial charge in [-0.3, -0.25) is 4.79 Å². The topological polar surface area (TPSA) is 55.1 Å². The second-order valence-electron chi connectivity index (χ2n) is 7.79. The van der Waals surface area contributed by atoms with Crippen molar-refractivity contribution >= 4 is 5.91 Å². The number of rotatable bonds is 3. The molecular formula is C17H30N2O. The zero-order valence-electron chi connectivity index (χ0n) is 13.0. The quantitative estimate of drug-likeness (QED) is 0.834. The predicted octanol–water partition coefficient (Wildman–Crippen LogP) is 2.69. The molecule has 3 saturated carbocycles. The summed E-state index contributed by atoms with van der Waals surface area (Å²) in [6.45, 7) is 4.43. The third-order valence-corrected chi connectivity index (χ3v) is 6.38. The van der Waals surface area contributed by atoms with Crippen LogP contribution in [0.15, 0.2) is 0 Å². The van der Waals surface area contributed by atoms with E-state index in [4.69, 9.17) is 5.73 Å². The Morgan fingerprint density at radius 1 is 1.15 bits per heavy atom. The average Bonchev–Trinajstić information content (AvgIpc) is 3.03. The summed E-state index contributed by atoms with van der Waals surface area (Å²) in [5.74, 6) is 3.45. The standard InChI is InChI=1S/C17H30N2O/c1-10-3-6-14(18)9-15(10)17(20)19-11(2)16-8-12-4-5-13(16)7-12/h10-16H,3-9,18H2,1-2H3,(H,19,20). The molecule has 114 valence electrons. The Hall–Kier alpha value is -0.570. The van der Waals surface area contributed by atoms with Gasteiger partial charge in [-0.2, -0.15) is 0 Å². The van der Waals surface area contributed by atoms with E-state index in [1.54, 1.807) is 0 Å². The van der Waals surface area contributed by atoms with Gasteiger partial charge >= 0.3 is 0 Å². The molecule has 7 unspecified atom stereocenters. The van der Waals surface area contributed by atoms with E-state index in [1.165, 1.54) is 25.7 Å². The first kappa shape index (κ1) is 14.4. The summed E-state index contributed by atoms with van der Waals surface area (Å²) >= 11 is 0. The van der Waals surface area contributed by atoms with Crippen LogP contribution in [0.5, 0.6) is 0 Å². The van der Waals surface area contributed by atoms with Crippen LogP contribution in [0.4, 0.5) is 0 Å². The van der Waals surface area contributed by atoms with Crippen molar-refractivity contribution in [3.8, 4) is 0 Å². The molecule has 0 aromatic rings. The predicted molar refractivity (Wildman–Crippen MR) is 81.0 cm³/mol. The van der Waals surface area contributed by atoms with Crippen molar-refractivity contribution in [3.05, 3.63) is 0 Å². The van der Waals surface area contributed by atoms with Gasteiger partial charge in [0.05, 0.1) is 0 Å². The Kier molecular flexibility index (Phi) is 4.07. The molecule has 3 fully saturated rings. The average molecular weight is 278 g/mol. The van der Waals surface area contributed by atoms with Crippen molar-refractivity contribution in [1.29, 1.82) is 0 Å². The first-order chi connectivity index (χ1) is 9.54. The van der Waals surface area contributed by atoms with Crippen molar-refractivity contribution in [2.75, 3.05) is 0 Å². The van der Waals surface area contributed by atoms with Crippen LogP contribution in [0.3, 0.4) is 0 Å². The highest BCUT2D eigenvalue weighted by Gasteiger charge is 2.42.